The van der Waals surface area contributed by atoms with E-state index in [-0.39, 0.29) is 30.2 Å². The summed E-state index contributed by atoms with van der Waals surface area (Å²) in [5.41, 5.74) is 0.438. The normalized spacial score (nSPS) is 11.5. The number of ether oxygens (including phenoxy) is 1. The van der Waals surface area contributed by atoms with Crippen molar-refractivity contribution in [2.45, 2.75) is 13.0 Å². The molecule has 1 aromatic heterocycles. The largest absolute Gasteiger partial charge is 0.469 e. The number of rotatable bonds is 5. The van der Waals surface area contributed by atoms with Crippen LogP contribution < -0.4 is 4.80 Å². The maximum absolute atomic E-state index is 12.6. The minimum absolute atomic E-state index is 0.0838. The van der Waals surface area contributed by atoms with Crippen LogP contribution in [0.5, 0.6) is 0 Å². The fourth-order valence-corrected chi connectivity index (χ4v) is 3.64. The van der Waals surface area contributed by atoms with Gasteiger partial charge < -0.3 is 9.30 Å². The minimum atomic E-state index is -0.708. The number of nitro groups is 1. The molecule has 3 aromatic rings. The SMILES string of the molecule is COC(=O)CCn1c(=NC(=O)c2ccccc2[N+](=O)[O-])sc2ccccc21. The van der Waals surface area contributed by atoms with Crippen LogP contribution in [-0.2, 0) is 16.1 Å². The van der Waals surface area contributed by atoms with Gasteiger partial charge in [-0.25, -0.2) is 0 Å². The zero-order valence-corrected chi connectivity index (χ0v) is 15.1. The summed E-state index contributed by atoms with van der Waals surface area (Å²) in [6.07, 6.45) is 0.115. The van der Waals surface area contributed by atoms with Crippen LogP contribution in [0, 0.1) is 10.1 Å². The van der Waals surface area contributed by atoms with Crippen LogP contribution in [0.1, 0.15) is 16.8 Å². The summed E-state index contributed by atoms with van der Waals surface area (Å²) in [6, 6.07) is 13.1. The van der Waals surface area contributed by atoms with Crippen molar-refractivity contribution in [1.82, 2.24) is 4.57 Å². The van der Waals surface area contributed by atoms with Crippen LogP contribution >= 0.6 is 11.3 Å². The van der Waals surface area contributed by atoms with E-state index < -0.39 is 10.8 Å². The van der Waals surface area contributed by atoms with Crippen molar-refractivity contribution in [1.29, 1.82) is 0 Å². The molecule has 0 saturated heterocycles. The smallest absolute Gasteiger partial charge is 0.307 e. The molecule has 0 unspecified atom stereocenters. The first-order chi connectivity index (χ1) is 13.0. The number of amides is 1. The number of para-hydroxylation sites is 2. The molecule has 9 heteroatoms. The van der Waals surface area contributed by atoms with Crippen LogP contribution in [0.2, 0.25) is 0 Å². The summed E-state index contributed by atoms with van der Waals surface area (Å²) >= 11 is 1.27. The predicted molar refractivity (Wildman–Crippen MR) is 99.4 cm³/mol. The zero-order valence-electron chi connectivity index (χ0n) is 14.3. The maximum Gasteiger partial charge on any atom is 0.307 e. The Morgan fingerprint density at radius 2 is 1.89 bits per heavy atom. The molecule has 0 fully saturated rings. The van der Waals surface area contributed by atoms with E-state index in [0.29, 0.717) is 4.80 Å². The third kappa shape index (κ3) is 3.93. The van der Waals surface area contributed by atoms with Gasteiger partial charge in [0.15, 0.2) is 4.80 Å². The Bertz CT molecular complexity index is 1100. The molecule has 8 nitrogen and oxygen atoms in total. The van der Waals surface area contributed by atoms with Crippen molar-refractivity contribution >= 4 is 39.1 Å². The second kappa shape index (κ2) is 7.92. The standard InChI is InChI=1S/C18H15N3O5S/c1-26-16(22)10-11-20-14-8-4-5-9-15(14)27-18(20)19-17(23)12-6-2-3-7-13(12)21(24)25/h2-9H,10-11H2,1H3. The third-order valence-electron chi connectivity index (χ3n) is 3.88. The summed E-state index contributed by atoms with van der Waals surface area (Å²) < 4.78 is 7.30. The highest BCUT2D eigenvalue weighted by atomic mass is 32.1. The number of carbonyl (C=O) groups excluding carboxylic acids is 2. The molecule has 138 valence electrons. The van der Waals surface area contributed by atoms with Gasteiger partial charge in [0.25, 0.3) is 11.6 Å². The first-order valence-corrected chi connectivity index (χ1v) is 8.80. The molecule has 0 atom stereocenters. The van der Waals surface area contributed by atoms with Gasteiger partial charge in [0.2, 0.25) is 0 Å². The van der Waals surface area contributed by atoms with Gasteiger partial charge in [-0.15, -0.1) is 0 Å². The number of thiazole rings is 1. The van der Waals surface area contributed by atoms with Crippen LogP contribution in [-0.4, -0.2) is 28.5 Å². The maximum atomic E-state index is 12.6. The number of aromatic nitrogens is 1. The Labute approximate surface area is 157 Å². The van der Waals surface area contributed by atoms with E-state index in [0.717, 1.165) is 10.2 Å². The molecule has 1 amide bonds. The Morgan fingerprint density at radius 1 is 1.19 bits per heavy atom. The van der Waals surface area contributed by atoms with Crippen molar-refractivity contribution in [2.24, 2.45) is 4.99 Å². The van der Waals surface area contributed by atoms with Gasteiger partial charge in [-0.1, -0.05) is 35.6 Å². The molecule has 3 rings (SSSR count). The number of benzene rings is 2. The molecule has 0 aliphatic carbocycles. The van der Waals surface area contributed by atoms with Crippen molar-refractivity contribution in [2.75, 3.05) is 7.11 Å². The summed E-state index contributed by atoms with van der Waals surface area (Å²) in [4.78, 5) is 39.1. The number of hydrogen-bond acceptors (Lipinski definition) is 6. The van der Waals surface area contributed by atoms with Crippen LogP contribution in [0.4, 0.5) is 5.69 Å². The lowest BCUT2D eigenvalue weighted by Gasteiger charge is -2.04. The number of methoxy groups -OCH3 is 1. The second-order valence-electron chi connectivity index (χ2n) is 5.52. The third-order valence-corrected chi connectivity index (χ3v) is 4.94. The monoisotopic (exact) mass is 385 g/mol. The van der Waals surface area contributed by atoms with E-state index in [9.17, 15) is 19.7 Å². The van der Waals surface area contributed by atoms with Gasteiger partial charge in [0.1, 0.15) is 5.56 Å². The van der Waals surface area contributed by atoms with Gasteiger partial charge in [0, 0.05) is 12.6 Å². The number of carbonyl (C=O) groups is 2. The van der Waals surface area contributed by atoms with Gasteiger partial charge in [-0.2, -0.15) is 4.99 Å². The van der Waals surface area contributed by atoms with Gasteiger partial charge in [-0.05, 0) is 18.2 Å². The molecule has 0 spiro atoms. The molecule has 0 radical (unpaired) electrons. The van der Waals surface area contributed by atoms with Crippen LogP contribution in [0.25, 0.3) is 10.2 Å². The first kappa shape index (κ1) is 18.5. The summed E-state index contributed by atoms with van der Waals surface area (Å²) in [5, 5.41) is 11.2. The van der Waals surface area contributed by atoms with Crippen molar-refractivity contribution in [3.63, 3.8) is 0 Å². The van der Waals surface area contributed by atoms with Gasteiger partial charge >= 0.3 is 5.97 Å². The number of nitro benzene ring substituents is 1. The highest BCUT2D eigenvalue weighted by Crippen LogP contribution is 2.20. The summed E-state index contributed by atoms with van der Waals surface area (Å²) in [5.74, 6) is -1.09. The Balaban J connectivity index is 2.09. The molecule has 27 heavy (non-hydrogen) atoms. The van der Waals surface area contributed by atoms with Crippen molar-refractivity contribution < 1.29 is 19.2 Å². The summed E-state index contributed by atoms with van der Waals surface area (Å²) in [7, 11) is 1.31. The molecule has 0 N–H and O–H groups in total. The quantitative estimate of drug-likeness (QED) is 0.382. The number of aryl methyl sites for hydroxylation is 1. The van der Waals surface area contributed by atoms with E-state index in [2.05, 4.69) is 9.73 Å². The molecular weight excluding hydrogens is 370 g/mol. The lowest BCUT2D eigenvalue weighted by molar-refractivity contribution is -0.385. The van der Waals surface area contributed by atoms with Gasteiger partial charge in [0.05, 0.1) is 28.7 Å². The zero-order chi connectivity index (χ0) is 19.4. The topological polar surface area (TPSA) is 104 Å². The number of esters is 1. The van der Waals surface area contributed by atoms with E-state index in [1.54, 1.807) is 10.6 Å². The van der Waals surface area contributed by atoms with Crippen molar-refractivity contribution in [3.05, 3.63) is 69.0 Å². The van der Waals surface area contributed by atoms with E-state index in [1.807, 2.05) is 24.3 Å². The number of hydrogen-bond donors (Lipinski definition) is 0. The van der Waals surface area contributed by atoms with Crippen LogP contribution in [0.3, 0.4) is 0 Å². The molecule has 0 bridgehead atoms. The fraction of sp³-hybridized carbons (Fsp3) is 0.167. The first-order valence-electron chi connectivity index (χ1n) is 7.99. The molecule has 1 heterocycles. The van der Waals surface area contributed by atoms with E-state index >= 15 is 0 Å². The molecule has 0 saturated carbocycles. The number of nitrogens with zero attached hydrogens (tertiary/aromatic N) is 3. The minimum Gasteiger partial charge on any atom is -0.469 e. The lowest BCUT2D eigenvalue weighted by atomic mass is 10.2. The Kier molecular flexibility index (Phi) is 5.41. The molecule has 2 aromatic carbocycles. The molecule has 0 aliphatic rings. The van der Waals surface area contributed by atoms with Crippen LogP contribution in [0.15, 0.2) is 53.5 Å². The average molecular weight is 385 g/mol. The fourth-order valence-electron chi connectivity index (χ4n) is 2.59. The van der Waals surface area contributed by atoms with E-state index in [4.69, 9.17) is 0 Å². The second-order valence-corrected chi connectivity index (χ2v) is 6.53. The van der Waals surface area contributed by atoms with Crippen molar-refractivity contribution in [3.8, 4) is 0 Å². The summed E-state index contributed by atoms with van der Waals surface area (Å²) in [6.45, 7) is 0.277. The Hall–Kier alpha value is -3.33. The van der Waals surface area contributed by atoms with E-state index in [1.165, 1.54) is 36.6 Å². The predicted octanol–water partition coefficient (Wildman–Crippen LogP) is 2.92. The van der Waals surface area contributed by atoms with Gasteiger partial charge in [-0.3, -0.25) is 19.7 Å². The highest BCUT2D eigenvalue weighted by molar-refractivity contribution is 7.16. The number of fused-ring (bicyclic) bond motifs is 1. The molecule has 0 aliphatic heterocycles. The highest BCUT2D eigenvalue weighted by Gasteiger charge is 2.19. The lowest BCUT2D eigenvalue weighted by Crippen LogP contribution is -2.19. The Morgan fingerprint density at radius 3 is 2.63 bits per heavy atom. The molecular formula is C18H15N3O5S. The average Bonchev–Trinajstić information content (AvgIpc) is 3.02.